The Labute approximate surface area is 103 Å². The van der Waals surface area contributed by atoms with Crippen molar-refractivity contribution in [1.82, 2.24) is 5.32 Å². The predicted octanol–water partition coefficient (Wildman–Crippen LogP) is 1.89. The molecular weight excluding hydrogens is 212 g/mol. The van der Waals surface area contributed by atoms with Gasteiger partial charge in [0.2, 0.25) is 5.91 Å². The average molecular weight is 234 g/mol. The molecule has 1 amide bonds. The van der Waals surface area contributed by atoms with Crippen molar-refractivity contribution in [3.05, 3.63) is 35.9 Å². The Kier molecular flexibility index (Phi) is 5.70. The molecule has 0 saturated carbocycles. The Balaban J connectivity index is 2.69. The molecule has 17 heavy (non-hydrogen) atoms. The summed E-state index contributed by atoms with van der Waals surface area (Å²) in [5.41, 5.74) is 6.62. The zero-order chi connectivity index (χ0) is 12.7. The van der Waals surface area contributed by atoms with Crippen LogP contribution in [-0.4, -0.2) is 19.0 Å². The van der Waals surface area contributed by atoms with Crippen LogP contribution in [-0.2, 0) is 4.79 Å². The van der Waals surface area contributed by atoms with E-state index in [4.69, 9.17) is 5.73 Å². The molecule has 1 aromatic rings. The summed E-state index contributed by atoms with van der Waals surface area (Å²) in [6.45, 7) is 5.41. The van der Waals surface area contributed by atoms with Crippen molar-refractivity contribution in [2.75, 3.05) is 13.1 Å². The van der Waals surface area contributed by atoms with Gasteiger partial charge in [0.05, 0.1) is 5.92 Å². The molecule has 3 nitrogen and oxygen atoms in total. The van der Waals surface area contributed by atoms with Crippen molar-refractivity contribution in [3.8, 4) is 0 Å². The summed E-state index contributed by atoms with van der Waals surface area (Å²) in [6, 6.07) is 9.82. The topological polar surface area (TPSA) is 55.1 Å². The Bertz CT molecular complexity index is 335. The van der Waals surface area contributed by atoms with E-state index in [0.717, 1.165) is 5.56 Å². The number of amides is 1. The summed E-state index contributed by atoms with van der Waals surface area (Å²) in [5, 5.41) is 2.97. The van der Waals surface area contributed by atoms with Gasteiger partial charge in [-0.15, -0.1) is 0 Å². The van der Waals surface area contributed by atoms with Crippen LogP contribution in [0, 0.1) is 5.92 Å². The fourth-order valence-corrected chi connectivity index (χ4v) is 1.73. The Morgan fingerprint density at radius 3 is 2.47 bits per heavy atom. The smallest absolute Gasteiger partial charge is 0.227 e. The molecule has 94 valence electrons. The maximum absolute atomic E-state index is 12.1. The number of hydrogen-bond acceptors (Lipinski definition) is 2. The minimum atomic E-state index is -0.125. The second kappa shape index (κ2) is 7.07. The first-order valence-corrected chi connectivity index (χ1v) is 6.18. The molecule has 0 spiro atoms. The van der Waals surface area contributed by atoms with Gasteiger partial charge in [-0.2, -0.15) is 0 Å². The van der Waals surface area contributed by atoms with Crippen molar-refractivity contribution in [3.63, 3.8) is 0 Å². The number of nitrogens with two attached hydrogens (primary N) is 1. The molecule has 0 bridgehead atoms. The summed E-state index contributed by atoms with van der Waals surface area (Å²) in [4.78, 5) is 12.1. The van der Waals surface area contributed by atoms with Crippen LogP contribution < -0.4 is 11.1 Å². The Hall–Kier alpha value is -1.35. The molecule has 0 saturated heterocycles. The van der Waals surface area contributed by atoms with E-state index in [1.54, 1.807) is 0 Å². The fraction of sp³-hybridized carbons (Fsp3) is 0.500. The molecule has 1 atom stereocenters. The Morgan fingerprint density at radius 2 is 1.94 bits per heavy atom. The molecule has 0 aliphatic heterocycles. The summed E-state index contributed by atoms with van der Waals surface area (Å²) in [6.07, 6.45) is 0.688. The molecule has 3 N–H and O–H groups in total. The summed E-state index contributed by atoms with van der Waals surface area (Å²) in [7, 11) is 0. The lowest BCUT2D eigenvalue weighted by atomic mass is 9.94. The van der Waals surface area contributed by atoms with Gasteiger partial charge in [0, 0.05) is 6.54 Å². The number of hydrogen-bond donors (Lipinski definition) is 2. The summed E-state index contributed by atoms with van der Waals surface area (Å²) in [5.74, 6) is 0.420. The molecule has 0 heterocycles. The van der Waals surface area contributed by atoms with E-state index < -0.39 is 0 Å². The number of carbonyl (C=O) groups excluding carboxylic acids is 1. The van der Waals surface area contributed by atoms with Crippen LogP contribution in [0.15, 0.2) is 30.3 Å². The summed E-state index contributed by atoms with van der Waals surface area (Å²) >= 11 is 0. The number of nitrogens with one attached hydrogen (secondary N) is 1. The maximum Gasteiger partial charge on any atom is 0.227 e. The van der Waals surface area contributed by atoms with Crippen molar-refractivity contribution >= 4 is 5.91 Å². The molecule has 0 fully saturated rings. The second-order valence-corrected chi connectivity index (χ2v) is 4.68. The van der Waals surface area contributed by atoms with Gasteiger partial charge >= 0.3 is 0 Å². The molecule has 1 aromatic carbocycles. The van der Waals surface area contributed by atoms with Gasteiger partial charge in [-0.05, 0) is 24.4 Å². The monoisotopic (exact) mass is 234 g/mol. The highest BCUT2D eigenvalue weighted by atomic mass is 16.1. The molecule has 1 unspecified atom stereocenters. The van der Waals surface area contributed by atoms with Crippen molar-refractivity contribution in [2.45, 2.75) is 26.2 Å². The predicted molar refractivity (Wildman–Crippen MR) is 70.7 cm³/mol. The third kappa shape index (κ3) is 4.57. The number of benzene rings is 1. The van der Waals surface area contributed by atoms with Crippen molar-refractivity contribution < 1.29 is 4.79 Å². The minimum absolute atomic E-state index is 0.0790. The number of rotatable bonds is 6. The van der Waals surface area contributed by atoms with Crippen LogP contribution in [0.5, 0.6) is 0 Å². The van der Waals surface area contributed by atoms with Crippen LogP contribution in [0.3, 0.4) is 0 Å². The zero-order valence-electron chi connectivity index (χ0n) is 10.6. The van der Waals surface area contributed by atoms with Gasteiger partial charge < -0.3 is 11.1 Å². The van der Waals surface area contributed by atoms with E-state index in [9.17, 15) is 4.79 Å². The lowest BCUT2D eigenvalue weighted by molar-refractivity contribution is -0.122. The lowest BCUT2D eigenvalue weighted by Gasteiger charge is -2.17. The second-order valence-electron chi connectivity index (χ2n) is 4.68. The molecule has 0 radical (unpaired) electrons. The zero-order valence-corrected chi connectivity index (χ0v) is 10.6. The van der Waals surface area contributed by atoms with Gasteiger partial charge in [0.15, 0.2) is 0 Å². The third-order valence-corrected chi connectivity index (χ3v) is 2.66. The largest absolute Gasteiger partial charge is 0.355 e. The average Bonchev–Trinajstić information content (AvgIpc) is 2.34. The highest BCUT2D eigenvalue weighted by Gasteiger charge is 2.19. The van der Waals surface area contributed by atoms with Gasteiger partial charge in [0.1, 0.15) is 0 Å². The highest BCUT2D eigenvalue weighted by Crippen LogP contribution is 2.18. The maximum atomic E-state index is 12.1. The van der Waals surface area contributed by atoms with Crippen LogP contribution in [0.1, 0.15) is 31.7 Å². The van der Waals surface area contributed by atoms with E-state index in [-0.39, 0.29) is 11.8 Å². The molecule has 3 heteroatoms. The standard InChI is InChI=1S/C14H22N2O/c1-11(2)10-16-14(17)13(8-9-15)12-6-4-3-5-7-12/h3-7,11,13H,8-10,15H2,1-2H3,(H,16,17). The normalized spacial score (nSPS) is 12.5. The van der Waals surface area contributed by atoms with Gasteiger partial charge in [-0.3, -0.25) is 4.79 Å². The molecule has 1 rings (SSSR count). The minimum Gasteiger partial charge on any atom is -0.355 e. The first-order chi connectivity index (χ1) is 8.15. The first kappa shape index (κ1) is 13.7. The van der Waals surface area contributed by atoms with E-state index in [1.807, 2.05) is 30.3 Å². The molecular formula is C14H22N2O. The SMILES string of the molecule is CC(C)CNC(=O)C(CCN)c1ccccc1. The number of carbonyl (C=O) groups is 1. The Morgan fingerprint density at radius 1 is 1.29 bits per heavy atom. The van der Waals surface area contributed by atoms with Crippen LogP contribution in [0.4, 0.5) is 0 Å². The van der Waals surface area contributed by atoms with Crippen molar-refractivity contribution in [1.29, 1.82) is 0 Å². The van der Waals surface area contributed by atoms with E-state index in [1.165, 1.54) is 0 Å². The van der Waals surface area contributed by atoms with Crippen LogP contribution in [0.25, 0.3) is 0 Å². The molecule has 0 aliphatic rings. The highest BCUT2D eigenvalue weighted by molar-refractivity contribution is 5.83. The molecule has 0 aromatic heterocycles. The van der Waals surface area contributed by atoms with E-state index >= 15 is 0 Å². The molecule has 0 aliphatic carbocycles. The van der Waals surface area contributed by atoms with Gasteiger partial charge in [0.25, 0.3) is 0 Å². The quantitative estimate of drug-likeness (QED) is 0.789. The fourth-order valence-electron chi connectivity index (χ4n) is 1.73. The van der Waals surface area contributed by atoms with Gasteiger partial charge in [-0.1, -0.05) is 44.2 Å². The van der Waals surface area contributed by atoms with E-state index in [0.29, 0.717) is 25.4 Å². The lowest BCUT2D eigenvalue weighted by Crippen LogP contribution is -2.33. The van der Waals surface area contributed by atoms with Gasteiger partial charge in [-0.25, -0.2) is 0 Å². The van der Waals surface area contributed by atoms with E-state index in [2.05, 4.69) is 19.2 Å². The van der Waals surface area contributed by atoms with Crippen LogP contribution >= 0.6 is 0 Å². The van der Waals surface area contributed by atoms with Crippen LogP contribution in [0.2, 0.25) is 0 Å². The first-order valence-electron chi connectivity index (χ1n) is 6.18. The van der Waals surface area contributed by atoms with Crippen molar-refractivity contribution in [2.24, 2.45) is 11.7 Å². The third-order valence-electron chi connectivity index (χ3n) is 2.66. The summed E-state index contributed by atoms with van der Waals surface area (Å²) < 4.78 is 0.